The molecule has 112 valence electrons. The monoisotopic (exact) mass is 286 g/mol. The van der Waals surface area contributed by atoms with Crippen molar-refractivity contribution in [3.05, 3.63) is 42.2 Å². The number of hydrogen-bond donors (Lipinski definition) is 2. The van der Waals surface area contributed by atoms with Crippen molar-refractivity contribution in [3.63, 3.8) is 0 Å². The average molecular weight is 286 g/mol. The number of anilines is 2. The molecule has 0 saturated heterocycles. The molecule has 0 radical (unpaired) electrons. The summed E-state index contributed by atoms with van der Waals surface area (Å²) in [7, 11) is 0. The van der Waals surface area contributed by atoms with Crippen molar-refractivity contribution in [2.24, 2.45) is 0 Å². The highest BCUT2D eigenvalue weighted by Crippen LogP contribution is 2.26. The number of hydrogen-bond acceptors (Lipinski definition) is 3. The zero-order valence-electron chi connectivity index (χ0n) is 12.9. The van der Waals surface area contributed by atoms with Gasteiger partial charge in [0.15, 0.2) is 0 Å². The van der Waals surface area contributed by atoms with Gasteiger partial charge in [-0.2, -0.15) is 5.10 Å². The molecule has 1 aromatic heterocycles. The number of nitrogen functional groups attached to an aromatic ring is 1. The Hall–Kier alpha value is -2.30. The summed E-state index contributed by atoms with van der Waals surface area (Å²) in [6, 6.07) is 7.64. The van der Waals surface area contributed by atoms with Gasteiger partial charge in [-0.15, -0.1) is 0 Å². The first kappa shape index (κ1) is 15.1. The largest absolute Gasteiger partial charge is 0.399 e. The summed E-state index contributed by atoms with van der Waals surface area (Å²) in [5.41, 5.74) is 7.36. The van der Waals surface area contributed by atoms with Crippen LogP contribution in [0.15, 0.2) is 36.7 Å². The third-order valence-corrected chi connectivity index (χ3v) is 3.59. The second-order valence-electron chi connectivity index (χ2n) is 6.00. The molecule has 0 aliphatic rings. The Kier molecular flexibility index (Phi) is 4.02. The smallest absolute Gasteiger partial charge is 0.234 e. The van der Waals surface area contributed by atoms with Crippen LogP contribution in [-0.4, -0.2) is 15.7 Å². The molecule has 0 bridgehead atoms. The van der Waals surface area contributed by atoms with E-state index >= 15 is 0 Å². The highest BCUT2D eigenvalue weighted by Gasteiger charge is 2.30. The Morgan fingerprint density at radius 3 is 2.43 bits per heavy atom. The fourth-order valence-electron chi connectivity index (χ4n) is 2.00. The first-order chi connectivity index (χ1) is 9.80. The van der Waals surface area contributed by atoms with Crippen molar-refractivity contribution in [2.45, 2.75) is 39.2 Å². The van der Waals surface area contributed by atoms with E-state index < -0.39 is 5.41 Å². The van der Waals surface area contributed by atoms with Crippen LogP contribution in [0.5, 0.6) is 0 Å². The van der Waals surface area contributed by atoms with E-state index in [0.717, 1.165) is 5.56 Å². The molecule has 0 aliphatic carbocycles. The lowest BCUT2D eigenvalue weighted by Gasteiger charge is -2.23. The Bertz CT molecular complexity index is 626. The summed E-state index contributed by atoms with van der Waals surface area (Å²) in [5.74, 6) is -0.0735. The number of amides is 1. The van der Waals surface area contributed by atoms with Crippen molar-refractivity contribution in [2.75, 3.05) is 11.1 Å². The predicted molar refractivity (Wildman–Crippen MR) is 85.1 cm³/mol. The summed E-state index contributed by atoms with van der Waals surface area (Å²) in [5, 5.41) is 7.14. The van der Waals surface area contributed by atoms with E-state index in [1.54, 1.807) is 18.3 Å². The van der Waals surface area contributed by atoms with Crippen LogP contribution in [0, 0.1) is 0 Å². The van der Waals surface area contributed by atoms with Crippen LogP contribution in [-0.2, 0) is 10.2 Å². The van der Waals surface area contributed by atoms with Gasteiger partial charge < -0.3 is 11.1 Å². The zero-order valence-corrected chi connectivity index (χ0v) is 12.9. The van der Waals surface area contributed by atoms with Crippen molar-refractivity contribution >= 4 is 17.3 Å². The minimum atomic E-state index is -0.645. The van der Waals surface area contributed by atoms with Crippen LogP contribution in [0.3, 0.4) is 0 Å². The van der Waals surface area contributed by atoms with E-state index in [0.29, 0.717) is 11.4 Å². The normalized spacial score (nSPS) is 11.7. The Balaban J connectivity index is 2.15. The summed E-state index contributed by atoms with van der Waals surface area (Å²) in [4.78, 5) is 12.5. The maximum Gasteiger partial charge on any atom is 0.234 e. The average Bonchev–Trinajstić information content (AvgIpc) is 2.88. The maximum atomic E-state index is 12.5. The number of carbonyl (C=O) groups excluding carboxylic acids is 1. The third-order valence-electron chi connectivity index (χ3n) is 3.59. The Morgan fingerprint density at radius 2 is 1.90 bits per heavy atom. The van der Waals surface area contributed by atoms with Gasteiger partial charge in [0.1, 0.15) is 0 Å². The van der Waals surface area contributed by atoms with Gasteiger partial charge in [0.25, 0.3) is 0 Å². The number of carbonyl (C=O) groups is 1. The SMILES string of the molecule is CC(C)n1cc(NC(=O)C(C)(C)c2ccc(N)cc2)cn1. The molecule has 0 unspecified atom stereocenters. The molecule has 0 aliphatic heterocycles. The number of nitrogens with zero attached hydrogens (tertiary/aromatic N) is 2. The van der Waals surface area contributed by atoms with Crippen molar-refractivity contribution < 1.29 is 4.79 Å². The molecule has 2 aromatic rings. The molecule has 5 nitrogen and oxygen atoms in total. The lowest BCUT2D eigenvalue weighted by Crippen LogP contribution is -2.34. The topological polar surface area (TPSA) is 72.9 Å². The Morgan fingerprint density at radius 1 is 1.29 bits per heavy atom. The fraction of sp³-hybridized carbons (Fsp3) is 0.375. The van der Waals surface area contributed by atoms with Crippen LogP contribution in [0.2, 0.25) is 0 Å². The summed E-state index contributed by atoms with van der Waals surface area (Å²) < 4.78 is 1.81. The van der Waals surface area contributed by atoms with E-state index in [1.807, 2.05) is 50.7 Å². The van der Waals surface area contributed by atoms with E-state index in [4.69, 9.17) is 5.73 Å². The minimum Gasteiger partial charge on any atom is -0.399 e. The Labute approximate surface area is 125 Å². The summed E-state index contributed by atoms with van der Waals surface area (Å²) in [6.45, 7) is 7.86. The molecule has 1 heterocycles. The molecule has 1 amide bonds. The molecule has 0 fully saturated rings. The second-order valence-corrected chi connectivity index (χ2v) is 6.00. The van der Waals surface area contributed by atoms with Crippen molar-refractivity contribution in [1.82, 2.24) is 9.78 Å². The quantitative estimate of drug-likeness (QED) is 0.849. The molecule has 0 atom stereocenters. The van der Waals surface area contributed by atoms with Gasteiger partial charge >= 0.3 is 0 Å². The number of nitrogens with two attached hydrogens (primary N) is 1. The molecule has 5 heteroatoms. The first-order valence-corrected chi connectivity index (χ1v) is 7.02. The molecule has 2 rings (SSSR count). The molecule has 0 spiro atoms. The summed E-state index contributed by atoms with van der Waals surface area (Å²) >= 11 is 0. The second kappa shape index (κ2) is 5.60. The summed E-state index contributed by atoms with van der Waals surface area (Å²) in [6.07, 6.45) is 3.50. The van der Waals surface area contributed by atoms with Gasteiger partial charge in [0.2, 0.25) is 5.91 Å². The number of benzene rings is 1. The number of nitrogens with one attached hydrogen (secondary N) is 1. The van der Waals surface area contributed by atoms with Crippen LogP contribution >= 0.6 is 0 Å². The van der Waals surface area contributed by atoms with E-state index in [-0.39, 0.29) is 11.9 Å². The van der Waals surface area contributed by atoms with Gasteiger partial charge in [-0.05, 0) is 45.4 Å². The van der Waals surface area contributed by atoms with E-state index in [2.05, 4.69) is 10.4 Å². The van der Waals surface area contributed by atoms with Gasteiger partial charge in [-0.1, -0.05) is 12.1 Å². The fourth-order valence-corrected chi connectivity index (χ4v) is 2.00. The van der Waals surface area contributed by atoms with E-state index in [9.17, 15) is 4.79 Å². The molecule has 1 aromatic carbocycles. The van der Waals surface area contributed by atoms with Gasteiger partial charge in [-0.3, -0.25) is 9.48 Å². The van der Waals surface area contributed by atoms with Gasteiger partial charge in [-0.25, -0.2) is 0 Å². The van der Waals surface area contributed by atoms with Crippen molar-refractivity contribution in [1.29, 1.82) is 0 Å². The predicted octanol–water partition coefficient (Wildman–Crippen LogP) is 2.96. The lowest BCUT2D eigenvalue weighted by atomic mass is 9.83. The maximum absolute atomic E-state index is 12.5. The highest BCUT2D eigenvalue weighted by molar-refractivity contribution is 5.98. The standard InChI is InChI=1S/C16H22N4O/c1-11(2)20-10-14(9-18-20)19-15(21)16(3,4)12-5-7-13(17)8-6-12/h5-11H,17H2,1-4H3,(H,19,21). The van der Waals surface area contributed by atoms with Crippen LogP contribution < -0.4 is 11.1 Å². The van der Waals surface area contributed by atoms with Crippen LogP contribution in [0.4, 0.5) is 11.4 Å². The third kappa shape index (κ3) is 3.24. The molecule has 21 heavy (non-hydrogen) atoms. The first-order valence-electron chi connectivity index (χ1n) is 7.02. The molecule has 0 saturated carbocycles. The lowest BCUT2D eigenvalue weighted by molar-refractivity contribution is -0.120. The highest BCUT2D eigenvalue weighted by atomic mass is 16.2. The van der Waals surface area contributed by atoms with E-state index in [1.165, 1.54) is 0 Å². The van der Waals surface area contributed by atoms with Gasteiger partial charge in [0, 0.05) is 17.9 Å². The van der Waals surface area contributed by atoms with Crippen molar-refractivity contribution in [3.8, 4) is 0 Å². The molecular formula is C16H22N4O. The number of aromatic nitrogens is 2. The minimum absolute atomic E-state index is 0.0735. The van der Waals surface area contributed by atoms with Crippen LogP contribution in [0.1, 0.15) is 39.3 Å². The van der Waals surface area contributed by atoms with Crippen LogP contribution in [0.25, 0.3) is 0 Å². The molecular weight excluding hydrogens is 264 g/mol. The molecule has 3 N–H and O–H groups in total. The van der Waals surface area contributed by atoms with Gasteiger partial charge in [0.05, 0.1) is 17.3 Å². The number of rotatable bonds is 4. The zero-order chi connectivity index (χ0) is 15.6.